The predicted molar refractivity (Wildman–Crippen MR) is 58.8 cm³/mol. The topological polar surface area (TPSA) is 85.8 Å². The van der Waals surface area contributed by atoms with E-state index in [4.69, 9.17) is 5.26 Å². The van der Waals surface area contributed by atoms with Gasteiger partial charge in [-0.15, -0.1) is 0 Å². The van der Waals surface area contributed by atoms with Crippen molar-refractivity contribution in [2.24, 2.45) is 0 Å². The van der Waals surface area contributed by atoms with Crippen LogP contribution in [-0.4, -0.2) is 16.4 Å². The van der Waals surface area contributed by atoms with Crippen LogP contribution in [0.4, 0.5) is 0 Å². The van der Waals surface area contributed by atoms with Crippen LogP contribution in [-0.2, 0) is 0 Å². The zero-order valence-electron chi connectivity index (χ0n) is 9.20. The highest BCUT2D eigenvalue weighted by atomic mass is 16.2. The SMILES string of the molecule is CCC(C)(C#N)NC(=O)c1cccc(=O)[nH]1. The van der Waals surface area contributed by atoms with Crippen LogP contribution in [0.15, 0.2) is 23.0 Å². The molecule has 5 nitrogen and oxygen atoms in total. The second-order valence-electron chi connectivity index (χ2n) is 3.68. The summed E-state index contributed by atoms with van der Waals surface area (Å²) in [6.45, 7) is 3.43. The Morgan fingerprint density at radius 2 is 2.31 bits per heavy atom. The Labute approximate surface area is 93.1 Å². The summed E-state index contributed by atoms with van der Waals surface area (Å²) in [6.07, 6.45) is 0.492. The number of carbonyl (C=O) groups is 1. The Balaban J connectivity index is 2.89. The first kappa shape index (κ1) is 12.0. The first-order chi connectivity index (χ1) is 7.50. The maximum absolute atomic E-state index is 11.7. The van der Waals surface area contributed by atoms with Crippen LogP contribution in [0.5, 0.6) is 0 Å². The quantitative estimate of drug-likeness (QED) is 0.788. The number of nitriles is 1. The summed E-state index contributed by atoms with van der Waals surface area (Å²) in [5.74, 6) is -0.455. The molecular weight excluding hydrogens is 206 g/mol. The maximum atomic E-state index is 11.7. The van der Waals surface area contributed by atoms with Gasteiger partial charge in [-0.2, -0.15) is 5.26 Å². The van der Waals surface area contributed by atoms with Crippen molar-refractivity contribution in [1.29, 1.82) is 5.26 Å². The lowest BCUT2D eigenvalue weighted by Crippen LogP contribution is -2.44. The number of H-pyrrole nitrogens is 1. The van der Waals surface area contributed by atoms with Crippen LogP contribution in [0.1, 0.15) is 30.8 Å². The number of rotatable bonds is 3. The van der Waals surface area contributed by atoms with Gasteiger partial charge >= 0.3 is 0 Å². The minimum absolute atomic E-state index is 0.155. The Kier molecular flexibility index (Phi) is 3.46. The fraction of sp³-hybridized carbons (Fsp3) is 0.364. The first-order valence-electron chi connectivity index (χ1n) is 4.94. The second kappa shape index (κ2) is 4.62. The number of amides is 1. The molecule has 0 aromatic carbocycles. The minimum Gasteiger partial charge on any atom is -0.333 e. The molecule has 0 aliphatic rings. The van der Waals surface area contributed by atoms with Crippen molar-refractivity contribution in [1.82, 2.24) is 10.3 Å². The van der Waals surface area contributed by atoms with Crippen LogP contribution in [0.2, 0.25) is 0 Å². The Hall–Kier alpha value is -2.09. The molecule has 1 rings (SSSR count). The lowest BCUT2D eigenvalue weighted by atomic mass is 10.0. The summed E-state index contributed by atoms with van der Waals surface area (Å²) >= 11 is 0. The molecule has 1 atom stereocenters. The zero-order valence-corrected chi connectivity index (χ0v) is 9.20. The third-order valence-corrected chi connectivity index (χ3v) is 2.36. The van der Waals surface area contributed by atoms with Crippen molar-refractivity contribution in [2.45, 2.75) is 25.8 Å². The lowest BCUT2D eigenvalue weighted by Gasteiger charge is -2.20. The standard InChI is InChI=1S/C11H13N3O2/c1-3-11(2,7-12)14-10(16)8-5-4-6-9(15)13-8/h4-6H,3H2,1-2H3,(H,13,15)(H,14,16). The van der Waals surface area contributed by atoms with Crippen LogP contribution >= 0.6 is 0 Å². The Morgan fingerprint density at radius 1 is 1.62 bits per heavy atom. The molecule has 0 aliphatic carbocycles. The average Bonchev–Trinajstić information content (AvgIpc) is 2.29. The predicted octanol–water partition coefficient (Wildman–Crippen LogP) is 0.797. The fourth-order valence-electron chi connectivity index (χ4n) is 1.09. The van der Waals surface area contributed by atoms with Gasteiger partial charge in [0.15, 0.2) is 0 Å². The van der Waals surface area contributed by atoms with Gasteiger partial charge in [-0.3, -0.25) is 9.59 Å². The molecule has 0 saturated carbocycles. The van der Waals surface area contributed by atoms with Crippen molar-refractivity contribution < 1.29 is 4.79 Å². The molecule has 0 saturated heterocycles. The summed E-state index contributed by atoms with van der Waals surface area (Å²) in [6, 6.07) is 6.32. The molecule has 2 N–H and O–H groups in total. The zero-order chi connectivity index (χ0) is 12.2. The number of hydrogen-bond acceptors (Lipinski definition) is 3. The number of hydrogen-bond donors (Lipinski definition) is 2. The van der Waals surface area contributed by atoms with Crippen LogP contribution in [0.25, 0.3) is 0 Å². The molecule has 0 aliphatic heterocycles. The van der Waals surface area contributed by atoms with Crippen LogP contribution in [0, 0.1) is 11.3 Å². The third kappa shape index (κ3) is 2.70. The molecule has 1 unspecified atom stereocenters. The Bertz CT molecular complexity index is 486. The van der Waals surface area contributed by atoms with E-state index in [-0.39, 0.29) is 11.3 Å². The molecule has 1 amide bonds. The van der Waals surface area contributed by atoms with Crippen molar-refractivity contribution in [3.8, 4) is 6.07 Å². The molecular formula is C11H13N3O2. The Morgan fingerprint density at radius 3 is 2.81 bits per heavy atom. The molecule has 1 aromatic rings. The van der Waals surface area contributed by atoms with Gasteiger partial charge in [-0.1, -0.05) is 13.0 Å². The summed E-state index contributed by atoms with van der Waals surface area (Å²) in [4.78, 5) is 25.1. The molecule has 0 bridgehead atoms. The fourth-order valence-corrected chi connectivity index (χ4v) is 1.09. The number of aromatic nitrogens is 1. The van der Waals surface area contributed by atoms with E-state index in [1.165, 1.54) is 18.2 Å². The molecule has 1 heterocycles. The van der Waals surface area contributed by atoms with Gasteiger partial charge in [-0.05, 0) is 19.4 Å². The van der Waals surface area contributed by atoms with E-state index in [2.05, 4.69) is 10.3 Å². The smallest absolute Gasteiger partial charge is 0.269 e. The van der Waals surface area contributed by atoms with Crippen LogP contribution < -0.4 is 10.9 Å². The van der Waals surface area contributed by atoms with Crippen molar-refractivity contribution in [3.05, 3.63) is 34.2 Å². The number of nitrogens with zero attached hydrogens (tertiary/aromatic N) is 1. The summed E-state index contributed by atoms with van der Waals surface area (Å²) < 4.78 is 0. The highest BCUT2D eigenvalue weighted by Gasteiger charge is 2.24. The van der Waals surface area contributed by atoms with Gasteiger partial charge in [0, 0.05) is 6.07 Å². The van der Waals surface area contributed by atoms with E-state index in [1.807, 2.05) is 6.07 Å². The van der Waals surface area contributed by atoms with E-state index < -0.39 is 11.4 Å². The van der Waals surface area contributed by atoms with E-state index in [1.54, 1.807) is 13.8 Å². The molecule has 0 radical (unpaired) electrons. The van der Waals surface area contributed by atoms with E-state index in [9.17, 15) is 9.59 Å². The van der Waals surface area contributed by atoms with Crippen molar-refractivity contribution in [3.63, 3.8) is 0 Å². The van der Waals surface area contributed by atoms with E-state index in [0.29, 0.717) is 6.42 Å². The molecule has 16 heavy (non-hydrogen) atoms. The number of carbonyl (C=O) groups excluding carboxylic acids is 1. The van der Waals surface area contributed by atoms with Gasteiger partial charge in [-0.25, -0.2) is 0 Å². The summed E-state index contributed by atoms with van der Waals surface area (Å²) in [7, 11) is 0. The summed E-state index contributed by atoms with van der Waals surface area (Å²) in [5.41, 5.74) is -1.10. The lowest BCUT2D eigenvalue weighted by molar-refractivity contribution is 0.0917. The number of aromatic amines is 1. The first-order valence-corrected chi connectivity index (χ1v) is 4.94. The molecule has 0 fully saturated rings. The summed E-state index contributed by atoms with van der Waals surface area (Å²) in [5, 5.41) is 11.5. The van der Waals surface area contributed by atoms with Gasteiger partial charge in [0.25, 0.3) is 5.91 Å². The normalized spacial score (nSPS) is 13.6. The van der Waals surface area contributed by atoms with Gasteiger partial charge < -0.3 is 10.3 Å². The van der Waals surface area contributed by atoms with Gasteiger partial charge in [0.2, 0.25) is 5.56 Å². The number of nitrogens with one attached hydrogen (secondary N) is 2. The monoisotopic (exact) mass is 219 g/mol. The molecule has 0 spiro atoms. The average molecular weight is 219 g/mol. The largest absolute Gasteiger partial charge is 0.333 e. The van der Waals surface area contributed by atoms with E-state index >= 15 is 0 Å². The molecule has 84 valence electrons. The highest BCUT2D eigenvalue weighted by Crippen LogP contribution is 2.07. The second-order valence-corrected chi connectivity index (χ2v) is 3.68. The highest BCUT2D eigenvalue weighted by molar-refractivity contribution is 5.92. The van der Waals surface area contributed by atoms with Crippen LogP contribution in [0.3, 0.4) is 0 Å². The van der Waals surface area contributed by atoms with Crippen molar-refractivity contribution >= 4 is 5.91 Å². The third-order valence-electron chi connectivity index (χ3n) is 2.36. The van der Waals surface area contributed by atoms with Gasteiger partial charge in [0.05, 0.1) is 6.07 Å². The number of pyridine rings is 1. The molecule has 1 aromatic heterocycles. The minimum atomic E-state index is -0.913. The maximum Gasteiger partial charge on any atom is 0.269 e. The molecule has 5 heteroatoms. The van der Waals surface area contributed by atoms with E-state index in [0.717, 1.165) is 0 Å². The van der Waals surface area contributed by atoms with Gasteiger partial charge in [0.1, 0.15) is 11.2 Å². The van der Waals surface area contributed by atoms with Crippen molar-refractivity contribution in [2.75, 3.05) is 0 Å².